The minimum atomic E-state index is 0.0226. The third-order valence-corrected chi connectivity index (χ3v) is 3.80. The van der Waals surface area contributed by atoms with Gasteiger partial charge < -0.3 is 10.5 Å². The summed E-state index contributed by atoms with van der Waals surface area (Å²) in [6, 6.07) is 5.22. The Morgan fingerprint density at radius 3 is 2.72 bits per heavy atom. The molecule has 1 saturated carbocycles. The van der Waals surface area contributed by atoms with Gasteiger partial charge in [-0.25, -0.2) is 0 Å². The summed E-state index contributed by atoms with van der Waals surface area (Å²) in [4.78, 5) is 0. The number of amidine groups is 1. The van der Waals surface area contributed by atoms with Gasteiger partial charge in [-0.15, -0.1) is 0 Å². The number of ether oxygens (including phenoxy) is 1. The van der Waals surface area contributed by atoms with Crippen LogP contribution in [-0.4, -0.2) is 12.4 Å². The molecule has 0 bridgehead atoms. The Hall–Kier alpha value is -1.22. The molecule has 3 N–H and O–H groups in total. The third-order valence-electron chi connectivity index (χ3n) is 3.50. The number of hydrogen-bond donors (Lipinski definition) is 2. The maximum absolute atomic E-state index is 7.33. The smallest absolute Gasteiger partial charge is 0.137 e. The largest absolute Gasteiger partial charge is 0.492 e. The van der Waals surface area contributed by atoms with Gasteiger partial charge in [0.1, 0.15) is 11.6 Å². The molecule has 1 fully saturated rings. The number of nitrogens with one attached hydrogen (secondary N) is 1. The van der Waals surface area contributed by atoms with E-state index in [0.717, 1.165) is 12.3 Å². The normalized spacial score (nSPS) is 15.8. The minimum absolute atomic E-state index is 0.0226. The van der Waals surface area contributed by atoms with E-state index in [1.54, 1.807) is 18.2 Å². The van der Waals surface area contributed by atoms with Gasteiger partial charge in [0.05, 0.1) is 11.6 Å². The Balaban J connectivity index is 1.87. The lowest BCUT2D eigenvalue weighted by Crippen LogP contribution is -2.11. The predicted octanol–water partition coefficient (Wildman–Crippen LogP) is 3.58. The number of benzene rings is 1. The van der Waals surface area contributed by atoms with E-state index in [1.807, 2.05) is 0 Å². The summed E-state index contributed by atoms with van der Waals surface area (Å²) in [6.45, 7) is 0.712. The molecular formula is C14H19ClN2O. The lowest BCUT2D eigenvalue weighted by Gasteiger charge is -2.12. The highest BCUT2D eigenvalue weighted by atomic mass is 35.5. The van der Waals surface area contributed by atoms with Crippen molar-refractivity contribution in [3.63, 3.8) is 0 Å². The summed E-state index contributed by atoms with van der Waals surface area (Å²) in [6.07, 6.45) is 6.49. The van der Waals surface area contributed by atoms with Crippen LogP contribution in [0.3, 0.4) is 0 Å². The molecule has 2 rings (SSSR count). The molecule has 1 aliphatic rings. The Morgan fingerprint density at radius 1 is 1.39 bits per heavy atom. The molecule has 4 heteroatoms. The number of nitrogens with two attached hydrogens (primary N) is 1. The van der Waals surface area contributed by atoms with Crippen molar-refractivity contribution in [2.24, 2.45) is 11.7 Å². The highest BCUT2D eigenvalue weighted by molar-refractivity contribution is 6.32. The van der Waals surface area contributed by atoms with Gasteiger partial charge in [-0.2, -0.15) is 0 Å². The fourth-order valence-corrected chi connectivity index (χ4v) is 2.66. The molecule has 0 amide bonds. The molecule has 0 saturated heterocycles. The molecule has 3 nitrogen and oxygen atoms in total. The molecule has 18 heavy (non-hydrogen) atoms. The number of nitrogen functional groups attached to an aromatic ring is 1. The van der Waals surface area contributed by atoms with Crippen molar-refractivity contribution in [1.82, 2.24) is 0 Å². The quantitative estimate of drug-likeness (QED) is 0.632. The first-order valence-corrected chi connectivity index (χ1v) is 6.81. The average Bonchev–Trinajstić information content (AvgIpc) is 2.84. The molecule has 98 valence electrons. The van der Waals surface area contributed by atoms with Crippen LogP contribution < -0.4 is 10.5 Å². The summed E-state index contributed by atoms with van der Waals surface area (Å²) in [5, 5.41) is 7.85. The SMILES string of the molecule is N=C(N)c1ccc(OCCC2CCCC2)c(Cl)c1. The molecular weight excluding hydrogens is 248 g/mol. The molecule has 0 heterocycles. The first-order valence-electron chi connectivity index (χ1n) is 6.43. The molecule has 0 aliphatic heterocycles. The lowest BCUT2D eigenvalue weighted by atomic mass is 10.1. The zero-order valence-electron chi connectivity index (χ0n) is 10.4. The summed E-state index contributed by atoms with van der Waals surface area (Å²) >= 11 is 6.09. The van der Waals surface area contributed by atoms with E-state index in [9.17, 15) is 0 Å². The zero-order chi connectivity index (χ0) is 13.0. The van der Waals surface area contributed by atoms with E-state index in [-0.39, 0.29) is 5.84 Å². The van der Waals surface area contributed by atoms with E-state index in [0.29, 0.717) is 22.9 Å². The van der Waals surface area contributed by atoms with E-state index in [1.165, 1.54) is 25.7 Å². The van der Waals surface area contributed by atoms with E-state index in [2.05, 4.69) is 0 Å². The number of rotatable bonds is 5. The molecule has 0 unspecified atom stereocenters. The van der Waals surface area contributed by atoms with Gasteiger partial charge in [-0.1, -0.05) is 37.3 Å². The minimum Gasteiger partial charge on any atom is -0.492 e. The summed E-state index contributed by atoms with van der Waals surface area (Å²) in [5.41, 5.74) is 6.03. The number of halogens is 1. The maximum Gasteiger partial charge on any atom is 0.137 e. The van der Waals surface area contributed by atoms with Crippen LogP contribution in [0.15, 0.2) is 18.2 Å². The van der Waals surface area contributed by atoms with Crippen LogP contribution in [0.1, 0.15) is 37.7 Å². The topological polar surface area (TPSA) is 59.1 Å². The van der Waals surface area contributed by atoms with Crippen LogP contribution in [-0.2, 0) is 0 Å². The van der Waals surface area contributed by atoms with E-state index in [4.69, 9.17) is 27.5 Å². The fraction of sp³-hybridized carbons (Fsp3) is 0.500. The van der Waals surface area contributed by atoms with Crippen LogP contribution >= 0.6 is 11.6 Å². The van der Waals surface area contributed by atoms with Gasteiger partial charge in [0.2, 0.25) is 0 Å². The van der Waals surface area contributed by atoms with E-state index < -0.39 is 0 Å². The van der Waals surface area contributed by atoms with Crippen LogP contribution in [0, 0.1) is 11.3 Å². The number of hydrogen-bond acceptors (Lipinski definition) is 2. The van der Waals surface area contributed by atoms with Crippen molar-refractivity contribution in [2.75, 3.05) is 6.61 Å². The van der Waals surface area contributed by atoms with Gasteiger partial charge in [0.25, 0.3) is 0 Å². The maximum atomic E-state index is 7.33. The lowest BCUT2D eigenvalue weighted by molar-refractivity contribution is 0.279. The Bertz CT molecular complexity index is 428. The highest BCUT2D eigenvalue weighted by Crippen LogP contribution is 2.29. The summed E-state index contributed by atoms with van der Waals surface area (Å²) in [5.74, 6) is 1.52. The van der Waals surface area contributed by atoms with Crippen molar-refractivity contribution in [1.29, 1.82) is 5.41 Å². The molecule has 1 aromatic rings. The molecule has 0 spiro atoms. The first-order chi connectivity index (χ1) is 8.66. The van der Waals surface area contributed by atoms with Crippen molar-refractivity contribution in [3.8, 4) is 5.75 Å². The van der Waals surface area contributed by atoms with Crippen molar-refractivity contribution in [2.45, 2.75) is 32.1 Å². The van der Waals surface area contributed by atoms with Gasteiger partial charge in [0.15, 0.2) is 0 Å². The molecule has 0 atom stereocenters. The van der Waals surface area contributed by atoms with Crippen LogP contribution in [0.25, 0.3) is 0 Å². The zero-order valence-corrected chi connectivity index (χ0v) is 11.2. The van der Waals surface area contributed by atoms with Gasteiger partial charge in [0, 0.05) is 5.56 Å². The Kier molecular flexibility index (Phi) is 4.48. The Morgan fingerprint density at radius 2 is 2.11 bits per heavy atom. The molecule has 0 radical (unpaired) electrons. The molecule has 1 aromatic carbocycles. The fourth-order valence-electron chi connectivity index (χ4n) is 2.42. The average molecular weight is 267 g/mol. The second-order valence-corrected chi connectivity index (χ2v) is 5.25. The van der Waals surface area contributed by atoms with Crippen LogP contribution in [0.5, 0.6) is 5.75 Å². The van der Waals surface area contributed by atoms with Gasteiger partial charge in [-0.05, 0) is 30.5 Å². The van der Waals surface area contributed by atoms with E-state index >= 15 is 0 Å². The van der Waals surface area contributed by atoms with Gasteiger partial charge in [-0.3, -0.25) is 5.41 Å². The highest BCUT2D eigenvalue weighted by Gasteiger charge is 2.15. The predicted molar refractivity (Wildman–Crippen MR) is 74.5 cm³/mol. The monoisotopic (exact) mass is 266 g/mol. The van der Waals surface area contributed by atoms with Crippen molar-refractivity contribution < 1.29 is 4.74 Å². The summed E-state index contributed by atoms with van der Waals surface area (Å²) in [7, 11) is 0. The Labute approximate surface area is 113 Å². The standard InChI is InChI=1S/C14H19ClN2O/c15-12-9-11(14(16)17)5-6-13(12)18-8-7-10-3-1-2-4-10/h5-6,9-10H,1-4,7-8H2,(H3,16,17). The molecule has 0 aromatic heterocycles. The third kappa shape index (κ3) is 3.39. The first kappa shape index (κ1) is 13.2. The second kappa shape index (κ2) is 6.10. The van der Waals surface area contributed by atoms with Crippen molar-refractivity contribution >= 4 is 17.4 Å². The molecule has 1 aliphatic carbocycles. The van der Waals surface area contributed by atoms with Gasteiger partial charge >= 0.3 is 0 Å². The van der Waals surface area contributed by atoms with Crippen molar-refractivity contribution in [3.05, 3.63) is 28.8 Å². The van der Waals surface area contributed by atoms with Crippen LogP contribution in [0.2, 0.25) is 5.02 Å². The summed E-state index contributed by atoms with van der Waals surface area (Å²) < 4.78 is 5.69. The second-order valence-electron chi connectivity index (χ2n) is 4.85. The van der Waals surface area contributed by atoms with Crippen LogP contribution in [0.4, 0.5) is 0 Å².